The molecule has 0 aromatic heterocycles. The summed E-state index contributed by atoms with van der Waals surface area (Å²) in [6.45, 7) is 1.84. The Kier molecular flexibility index (Phi) is 6.48. The van der Waals surface area contributed by atoms with Crippen LogP contribution in [0.2, 0.25) is 0 Å². The molecule has 1 atom stereocenters. The first-order valence-electron chi connectivity index (χ1n) is 5.34. The number of nitrogens with one attached hydrogen (secondary N) is 1. The lowest BCUT2D eigenvalue weighted by Gasteiger charge is -2.25. The van der Waals surface area contributed by atoms with Gasteiger partial charge in [-0.3, -0.25) is 4.79 Å². The van der Waals surface area contributed by atoms with Gasteiger partial charge in [0.15, 0.2) is 0 Å². The third-order valence-electron chi connectivity index (χ3n) is 2.59. The fourth-order valence-corrected chi connectivity index (χ4v) is 1.12. The summed E-state index contributed by atoms with van der Waals surface area (Å²) in [4.78, 5) is 11.1. The van der Waals surface area contributed by atoms with E-state index in [0.717, 1.165) is 0 Å². The number of hydrogen-bond acceptors (Lipinski definition) is 3. The zero-order valence-electron chi connectivity index (χ0n) is 10.1. The number of halogens is 3. The maximum Gasteiger partial charge on any atom is 0.389 e. The molecule has 0 aromatic rings. The molecule has 0 aliphatic heterocycles. The highest BCUT2D eigenvalue weighted by Gasteiger charge is 2.28. The molecule has 0 heterocycles. The Morgan fingerprint density at radius 2 is 1.88 bits per heavy atom. The molecule has 4 nitrogen and oxygen atoms in total. The van der Waals surface area contributed by atoms with Crippen LogP contribution in [0, 0.1) is 0 Å². The van der Waals surface area contributed by atoms with Gasteiger partial charge in [0.05, 0.1) is 5.54 Å². The fourth-order valence-electron chi connectivity index (χ4n) is 1.12. The normalized spacial score (nSPS) is 15.6. The lowest BCUT2D eigenvalue weighted by molar-refractivity contribution is -0.138. The smallest absolute Gasteiger partial charge is 0.381 e. The maximum absolute atomic E-state index is 11.8. The second-order valence-corrected chi connectivity index (χ2v) is 4.03. The van der Waals surface area contributed by atoms with Crippen LogP contribution < -0.4 is 11.1 Å². The SMILES string of the molecule is CNC(C)(CCOCCCC(F)(F)F)C(N)=O. The summed E-state index contributed by atoms with van der Waals surface area (Å²) < 4.78 is 40.4. The average molecular weight is 256 g/mol. The molecule has 7 heteroatoms. The summed E-state index contributed by atoms with van der Waals surface area (Å²) in [6.07, 6.45) is -4.75. The molecule has 17 heavy (non-hydrogen) atoms. The zero-order valence-corrected chi connectivity index (χ0v) is 10.1. The molecule has 0 saturated heterocycles. The molecule has 0 aliphatic carbocycles. The van der Waals surface area contributed by atoms with E-state index in [9.17, 15) is 18.0 Å². The number of carbonyl (C=O) groups excluding carboxylic acids is 1. The molecule has 3 N–H and O–H groups in total. The van der Waals surface area contributed by atoms with Crippen molar-refractivity contribution in [3.05, 3.63) is 0 Å². The van der Waals surface area contributed by atoms with E-state index in [1.54, 1.807) is 14.0 Å². The van der Waals surface area contributed by atoms with Crippen LogP contribution in [0.1, 0.15) is 26.2 Å². The van der Waals surface area contributed by atoms with Gasteiger partial charge in [0.2, 0.25) is 5.91 Å². The van der Waals surface area contributed by atoms with Crippen molar-refractivity contribution in [1.82, 2.24) is 5.32 Å². The Balaban J connectivity index is 3.67. The highest BCUT2D eigenvalue weighted by atomic mass is 19.4. The first-order chi connectivity index (χ1) is 7.71. The van der Waals surface area contributed by atoms with Crippen molar-refractivity contribution >= 4 is 5.91 Å². The van der Waals surface area contributed by atoms with Crippen LogP contribution in [0.15, 0.2) is 0 Å². The summed E-state index contributed by atoms with van der Waals surface area (Å²) in [7, 11) is 1.59. The number of likely N-dealkylation sites (N-methyl/N-ethyl adjacent to an activating group) is 1. The van der Waals surface area contributed by atoms with Gasteiger partial charge in [-0.15, -0.1) is 0 Å². The molecule has 0 spiro atoms. The number of nitrogens with two attached hydrogens (primary N) is 1. The second kappa shape index (κ2) is 6.80. The van der Waals surface area contributed by atoms with Gasteiger partial charge in [-0.2, -0.15) is 13.2 Å². The molecule has 0 aromatic carbocycles. The number of alkyl halides is 3. The summed E-state index contributed by atoms with van der Waals surface area (Å²) in [5, 5.41) is 2.76. The minimum Gasteiger partial charge on any atom is -0.381 e. The molecule has 102 valence electrons. The second-order valence-electron chi connectivity index (χ2n) is 4.03. The van der Waals surface area contributed by atoms with Crippen molar-refractivity contribution in [2.45, 2.75) is 37.9 Å². The first kappa shape index (κ1) is 16.2. The van der Waals surface area contributed by atoms with Crippen molar-refractivity contribution in [1.29, 1.82) is 0 Å². The third-order valence-corrected chi connectivity index (χ3v) is 2.59. The van der Waals surface area contributed by atoms with Crippen LogP contribution in [0.3, 0.4) is 0 Å². The van der Waals surface area contributed by atoms with Gasteiger partial charge in [-0.05, 0) is 26.8 Å². The van der Waals surface area contributed by atoms with Crippen LogP contribution >= 0.6 is 0 Å². The Bertz CT molecular complexity index is 246. The predicted octanol–water partition coefficient (Wildman–Crippen LogP) is 1.20. The molecule has 1 amide bonds. The van der Waals surface area contributed by atoms with Crippen molar-refractivity contribution in [2.75, 3.05) is 20.3 Å². The number of rotatable bonds is 8. The molecular formula is C10H19F3N2O2. The van der Waals surface area contributed by atoms with E-state index >= 15 is 0 Å². The van der Waals surface area contributed by atoms with E-state index < -0.39 is 24.0 Å². The third kappa shape index (κ3) is 7.17. The molecule has 0 saturated carbocycles. The van der Waals surface area contributed by atoms with Gasteiger partial charge in [-0.1, -0.05) is 0 Å². The Morgan fingerprint density at radius 1 is 1.29 bits per heavy atom. The summed E-state index contributed by atoms with van der Waals surface area (Å²) in [6, 6.07) is 0. The molecule has 0 rings (SSSR count). The maximum atomic E-state index is 11.8. The largest absolute Gasteiger partial charge is 0.389 e. The number of hydrogen-bond donors (Lipinski definition) is 2. The first-order valence-corrected chi connectivity index (χ1v) is 5.34. The van der Waals surface area contributed by atoms with Crippen molar-refractivity contribution in [3.8, 4) is 0 Å². The standard InChI is InChI=1S/C10H19F3N2O2/c1-9(15-2,8(14)16)5-7-17-6-3-4-10(11,12)13/h15H,3-7H2,1-2H3,(H2,14,16). The number of amides is 1. The van der Waals surface area contributed by atoms with E-state index in [-0.39, 0.29) is 19.6 Å². The summed E-state index contributed by atoms with van der Waals surface area (Å²) >= 11 is 0. The Labute approximate surface area is 98.7 Å². The van der Waals surface area contributed by atoms with E-state index in [4.69, 9.17) is 10.5 Å². The lowest BCUT2D eigenvalue weighted by Crippen LogP contribution is -2.52. The number of carbonyl (C=O) groups is 1. The van der Waals surface area contributed by atoms with Crippen molar-refractivity contribution in [3.63, 3.8) is 0 Å². The van der Waals surface area contributed by atoms with Crippen molar-refractivity contribution in [2.24, 2.45) is 5.73 Å². The zero-order chi connectivity index (χ0) is 13.5. The molecule has 0 fully saturated rings. The highest BCUT2D eigenvalue weighted by molar-refractivity contribution is 5.84. The van der Waals surface area contributed by atoms with Crippen LogP contribution in [0.5, 0.6) is 0 Å². The van der Waals surface area contributed by atoms with Gasteiger partial charge in [0.1, 0.15) is 0 Å². The average Bonchev–Trinajstić information content (AvgIpc) is 2.21. The van der Waals surface area contributed by atoms with Gasteiger partial charge in [0, 0.05) is 19.6 Å². The number of ether oxygens (including phenoxy) is 1. The molecule has 0 radical (unpaired) electrons. The predicted molar refractivity (Wildman–Crippen MR) is 57.4 cm³/mol. The Morgan fingerprint density at radius 3 is 2.29 bits per heavy atom. The van der Waals surface area contributed by atoms with E-state index in [0.29, 0.717) is 6.42 Å². The monoisotopic (exact) mass is 256 g/mol. The van der Waals surface area contributed by atoms with E-state index in [1.165, 1.54) is 0 Å². The molecule has 1 unspecified atom stereocenters. The summed E-state index contributed by atoms with van der Waals surface area (Å²) in [5.41, 5.74) is 4.29. The highest BCUT2D eigenvalue weighted by Crippen LogP contribution is 2.21. The quantitative estimate of drug-likeness (QED) is 0.641. The van der Waals surface area contributed by atoms with Crippen LogP contribution in [0.25, 0.3) is 0 Å². The van der Waals surface area contributed by atoms with Crippen LogP contribution in [-0.4, -0.2) is 37.9 Å². The van der Waals surface area contributed by atoms with E-state index in [1.807, 2.05) is 0 Å². The minimum atomic E-state index is -4.14. The topological polar surface area (TPSA) is 64.3 Å². The molecular weight excluding hydrogens is 237 g/mol. The molecule has 0 bridgehead atoms. The fraction of sp³-hybridized carbons (Fsp3) is 0.900. The van der Waals surface area contributed by atoms with Crippen LogP contribution in [-0.2, 0) is 9.53 Å². The van der Waals surface area contributed by atoms with Gasteiger partial charge < -0.3 is 15.8 Å². The summed E-state index contributed by atoms with van der Waals surface area (Å²) in [5.74, 6) is -0.515. The minimum absolute atomic E-state index is 0.0259. The van der Waals surface area contributed by atoms with Crippen LogP contribution in [0.4, 0.5) is 13.2 Å². The van der Waals surface area contributed by atoms with Crippen molar-refractivity contribution < 1.29 is 22.7 Å². The van der Waals surface area contributed by atoms with Gasteiger partial charge >= 0.3 is 6.18 Å². The Hall–Kier alpha value is -0.820. The number of primary amides is 1. The lowest BCUT2D eigenvalue weighted by atomic mass is 9.98. The van der Waals surface area contributed by atoms with E-state index in [2.05, 4.69) is 5.32 Å². The molecule has 0 aliphatic rings. The van der Waals surface area contributed by atoms with Gasteiger partial charge in [-0.25, -0.2) is 0 Å². The van der Waals surface area contributed by atoms with Gasteiger partial charge in [0.25, 0.3) is 0 Å².